The van der Waals surface area contributed by atoms with Crippen LogP contribution in [0.3, 0.4) is 0 Å². The Bertz CT molecular complexity index is 512. The van der Waals surface area contributed by atoms with Gasteiger partial charge in [0.25, 0.3) is 0 Å². The van der Waals surface area contributed by atoms with Crippen LogP contribution in [0.15, 0.2) is 35.5 Å². The Kier molecular flexibility index (Phi) is 6.73. The largest absolute Gasteiger partial charge is 0.214 e. The number of thioether (sulfide) groups is 1. The van der Waals surface area contributed by atoms with Gasteiger partial charge >= 0.3 is 0 Å². The molecule has 0 aliphatic rings. The molecule has 0 fully saturated rings. The van der Waals surface area contributed by atoms with Gasteiger partial charge in [0.1, 0.15) is 0 Å². The summed E-state index contributed by atoms with van der Waals surface area (Å²) in [5.41, 5.74) is 1.02. The van der Waals surface area contributed by atoms with Crippen LogP contribution in [-0.2, 0) is 0 Å². The zero-order chi connectivity index (χ0) is 14.9. The Labute approximate surface area is 131 Å². The molecule has 0 amide bonds. The Balaban J connectivity index is 1.74. The molecule has 0 saturated heterocycles. The summed E-state index contributed by atoms with van der Waals surface area (Å²) in [6, 6.07) is 10.0. The van der Waals surface area contributed by atoms with Crippen LogP contribution in [-0.4, -0.2) is 26.0 Å². The molecule has 0 aliphatic heterocycles. The average Bonchev–Trinajstić information content (AvgIpc) is 2.99. The predicted octanol–water partition coefficient (Wildman–Crippen LogP) is 4.36. The van der Waals surface area contributed by atoms with Gasteiger partial charge in [-0.1, -0.05) is 69.5 Å². The van der Waals surface area contributed by atoms with Crippen molar-refractivity contribution in [2.45, 2.75) is 51.1 Å². The van der Waals surface area contributed by atoms with Crippen LogP contribution < -0.4 is 0 Å². The van der Waals surface area contributed by atoms with E-state index in [-0.39, 0.29) is 0 Å². The van der Waals surface area contributed by atoms with Gasteiger partial charge in [-0.05, 0) is 34.9 Å². The third-order valence-corrected chi connectivity index (χ3v) is 4.72. The fourth-order valence-corrected chi connectivity index (χ4v) is 3.03. The van der Waals surface area contributed by atoms with Crippen molar-refractivity contribution >= 4 is 11.8 Å². The summed E-state index contributed by atoms with van der Waals surface area (Å²) in [6.45, 7) is 4.60. The van der Waals surface area contributed by atoms with Crippen molar-refractivity contribution in [1.82, 2.24) is 20.2 Å². The van der Waals surface area contributed by atoms with Gasteiger partial charge in [-0.15, -0.1) is 5.10 Å². The van der Waals surface area contributed by atoms with Gasteiger partial charge in [-0.2, -0.15) is 4.68 Å². The molecule has 5 heteroatoms. The third kappa shape index (κ3) is 5.16. The summed E-state index contributed by atoms with van der Waals surface area (Å²) in [5, 5.41) is 12.9. The van der Waals surface area contributed by atoms with E-state index in [1.807, 2.05) is 35.0 Å². The van der Waals surface area contributed by atoms with E-state index in [0.29, 0.717) is 0 Å². The highest BCUT2D eigenvalue weighted by Gasteiger charge is 2.08. The first-order chi connectivity index (χ1) is 10.3. The summed E-state index contributed by atoms with van der Waals surface area (Å²) in [5.74, 6) is 1.94. The maximum Gasteiger partial charge on any atom is 0.214 e. The van der Waals surface area contributed by atoms with Crippen molar-refractivity contribution in [3.05, 3.63) is 30.3 Å². The highest BCUT2D eigenvalue weighted by atomic mass is 32.2. The number of hydrogen-bond acceptors (Lipinski definition) is 4. The van der Waals surface area contributed by atoms with Crippen molar-refractivity contribution < 1.29 is 0 Å². The zero-order valence-electron chi connectivity index (χ0n) is 12.9. The van der Waals surface area contributed by atoms with Gasteiger partial charge in [0.15, 0.2) is 0 Å². The summed E-state index contributed by atoms with van der Waals surface area (Å²) < 4.78 is 1.81. The lowest BCUT2D eigenvalue weighted by molar-refractivity contribution is 0.483. The van der Waals surface area contributed by atoms with Crippen LogP contribution in [0, 0.1) is 5.92 Å². The first-order valence-corrected chi connectivity index (χ1v) is 8.76. The molecule has 0 spiro atoms. The zero-order valence-corrected chi connectivity index (χ0v) is 13.7. The second-order valence-electron chi connectivity index (χ2n) is 5.42. The van der Waals surface area contributed by atoms with Crippen LogP contribution in [0.4, 0.5) is 0 Å². The Morgan fingerprint density at radius 3 is 2.71 bits per heavy atom. The van der Waals surface area contributed by atoms with E-state index in [9.17, 15) is 0 Å². The number of nitrogens with zero attached hydrogens (tertiary/aromatic N) is 4. The van der Waals surface area contributed by atoms with Gasteiger partial charge in [0.05, 0.1) is 5.69 Å². The van der Waals surface area contributed by atoms with E-state index in [4.69, 9.17) is 0 Å². The molecule has 0 radical (unpaired) electrons. The molecule has 2 rings (SSSR count). The van der Waals surface area contributed by atoms with Crippen LogP contribution in [0.5, 0.6) is 0 Å². The maximum atomic E-state index is 4.12. The summed E-state index contributed by atoms with van der Waals surface area (Å²) in [6.07, 6.45) is 6.50. The van der Waals surface area contributed by atoms with Crippen molar-refractivity contribution in [3.8, 4) is 5.69 Å². The smallest absolute Gasteiger partial charge is 0.188 e. The quantitative estimate of drug-likeness (QED) is 0.510. The van der Waals surface area contributed by atoms with E-state index >= 15 is 0 Å². The summed E-state index contributed by atoms with van der Waals surface area (Å²) in [7, 11) is 0. The first kappa shape index (κ1) is 16.0. The fraction of sp³-hybridized carbons (Fsp3) is 0.562. The number of hydrogen-bond donors (Lipinski definition) is 0. The van der Waals surface area contributed by atoms with E-state index in [0.717, 1.165) is 22.5 Å². The molecular formula is C16H24N4S. The summed E-state index contributed by atoms with van der Waals surface area (Å²) in [4.78, 5) is 0. The van der Waals surface area contributed by atoms with Crippen molar-refractivity contribution in [1.29, 1.82) is 0 Å². The van der Waals surface area contributed by atoms with Crippen LogP contribution >= 0.6 is 11.8 Å². The Hall–Kier alpha value is -1.36. The number of para-hydroxylation sites is 1. The third-order valence-electron chi connectivity index (χ3n) is 3.71. The minimum absolute atomic E-state index is 0.864. The molecule has 0 saturated carbocycles. The van der Waals surface area contributed by atoms with Gasteiger partial charge < -0.3 is 0 Å². The minimum atomic E-state index is 0.864. The van der Waals surface area contributed by atoms with E-state index < -0.39 is 0 Å². The molecule has 114 valence electrons. The van der Waals surface area contributed by atoms with Gasteiger partial charge in [0.2, 0.25) is 5.16 Å². The molecule has 0 aliphatic carbocycles. The lowest BCUT2D eigenvalue weighted by Gasteiger charge is -2.07. The van der Waals surface area contributed by atoms with Gasteiger partial charge in [-0.3, -0.25) is 0 Å². The molecule has 1 atom stereocenters. The molecule has 0 bridgehead atoms. The molecular weight excluding hydrogens is 280 g/mol. The van der Waals surface area contributed by atoms with Gasteiger partial charge in [0, 0.05) is 5.75 Å². The van der Waals surface area contributed by atoms with Crippen LogP contribution in [0.25, 0.3) is 5.69 Å². The Morgan fingerprint density at radius 1 is 1.14 bits per heavy atom. The molecule has 1 aromatic carbocycles. The monoisotopic (exact) mass is 304 g/mol. The van der Waals surface area contributed by atoms with E-state index in [1.54, 1.807) is 11.8 Å². The SMILES string of the molecule is CC[C@@H](C)CCCCCSc1nnnn1-c1ccccc1. The molecule has 0 unspecified atom stereocenters. The first-order valence-electron chi connectivity index (χ1n) is 7.78. The van der Waals surface area contributed by atoms with Crippen molar-refractivity contribution in [2.75, 3.05) is 5.75 Å². The number of unbranched alkanes of at least 4 members (excludes halogenated alkanes) is 2. The second kappa shape index (κ2) is 8.82. The predicted molar refractivity (Wildman–Crippen MR) is 87.8 cm³/mol. The summed E-state index contributed by atoms with van der Waals surface area (Å²) >= 11 is 1.74. The normalized spacial score (nSPS) is 12.5. The Morgan fingerprint density at radius 2 is 1.95 bits per heavy atom. The molecule has 4 nitrogen and oxygen atoms in total. The molecule has 2 aromatic rings. The maximum absolute atomic E-state index is 4.12. The highest BCUT2D eigenvalue weighted by molar-refractivity contribution is 7.99. The number of benzene rings is 1. The van der Waals surface area contributed by atoms with Gasteiger partial charge in [-0.25, -0.2) is 0 Å². The lowest BCUT2D eigenvalue weighted by Crippen LogP contribution is -1.99. The molecule has 1 heterocycles. The highest BCUT2D eigenvalue weighted by Crippen LogP contribution is 2.20. The fourth-order valence-electron chi connectivity index (χ4n) is 2.14. The number of tetrazole rings is 1. The standard InChI is InChI=1S/C16H24N4S/c1-3-14(2)10-6-5-9-13-21-16-17-18-19-20(16)15-11-7-4-8-12-15/h4,7-8,11-12,14H,3,5-6,9-10,13H2,1-2H3/t14-/m1/s1. The molecule has 1 aromatic heterocycles. The number of rotatable bonds is 9. The average molecular weight is 304 g/mol. The lowest BCUT2D eigenvalue weighted by atomic mass is 10.0. The van der Waals surface area contributed by atoms with E-state index in [1.165, 1.54) is 32.1 Å². The van der Waals surface area contributed by atoms with E-state index in [2.05, 4.69) is 29.4 Å². The van der Waals surface area contributed by atoms with Crippen LogP contribution in [0.2, 0.25) is 0 Å². The van der Waals surface area contributed by atoms with Crippen LogP contribution in [0.1, 0.15) is 46.0 Å². The topological polar surface area (TPSA) is 43.6 Å². The van der Waals surface area contributed by atoms with Crippen molar-refractivity contribution in [2.24, 2.45) is 5.92 Å². The van der Waals surface area contributed by atoms with Crippen molar-refractivity contribution in [3.63, 3.8) is 0 Å². The molecule has 0 N–H and O–H groups in total. The molecule has 21 heavy (non-hydrogen) atoms. The minimum Gasteiger partial charge on any atom is -0.188 e. The number of aromatic nitrogens is 4. The second-order valence-corrected chi connectivity index (χ2v) is 6.48.